The maximum absolute atomic E-state index is 11.1. The Balaban J connectivity index is 0.882. The van der Waals surface area contributed by atoms with E-state index in [1.165, 1.54) is 0 Å². The van der Waals surface area contributed by atoms with E-state index in [0.29, 0.717) is 353 Å². The lowest BCUT2D eigenvalue weighted by atomic mass is 10.1. The number of hydrogen-bond acceptors (Lipinski definition) is 29. The first-order chi connectivity index (χ1) is 48.9. The lowest BCUT2D eigenvalue weighted by Crippen LogP contribution is -2.32. The maximum atomic E-state index is 11.1. The maximum Gasteiger partial charge on any atom is 0.229 e. The molecule has 3 aromatic rings. The van der Waals surface area contributed by atoms with Gasteiger partial charge in [0, 0.05) is 18.5 Å². The quantitative estimate of drug-likeness (QED) is 0.0464. The molecule has 32 heteroatoms. The summed E-state index contributed by atoms with van der Waals surface area (Å²) in [4.78, 5) is 20.5. The first-order valence-corrected chi connectivity index (χ1v) is 36.2. The molecule has 2 aromatic heterocycles. The number of nitrogens with two attached hydrogens (primary N) is 1. The Bertz CT molecular complexity index is 2260. The zero-order chi connectivity index (χ0) is 70.5. The van der Waals surface area contributed by atoms with Gasteiger partial charge in [-0.05, 0) is 26.8 Å². The average molecular weight is 1540 g/mol. The normalized spacial score (nSPS) is 12.0. The molecule has 0 aliphatic rings. The smallest absolute Gasteiger partial charge is 0.229 e. The van der Waals surface area contributed by atoms with E-state index in [2.05, 4.69) is 28.7 Å². The first kappa shape index (κ1) is 90.3. The molecule has 0 bridgehead atoms. The van der Waals surface area contributed by atoms with E-state index in [4.69, 9.17) is 129 Å². The van der Waals surface area contributed by atoms with Crippen LogP contribution in [0.3, 0.4) is 0 Å². The standard InChI is InChI=1S/C67H120IN5O26/c1-4-75-58-62-72-64-65(60-7-5-6-8-61(60)71-66(64)69)73(62)59-67(2,3)99-56-55-98-54-53-97-52-51-96-50-49-95-48-47-94-46-45-93-44-43-92-42-41-91-40-39-90-38-37-89-36-35-88-34-33-87-32-31-86-30-29-85-28-27-84-26-25-83-24-23-82-22-21-81-20-19-80-18-17-79-16-15-78-14-13-77-12-11-76-10-9-70-63(74)57-68/h5-8H,4,9-59H2,1-3H3,(H2,69,71)(H,70,74). The number of amides is 1. The highest BCUT2D eigenvalue weighted by Gasteiger charge is 2.25. The number of benzene rings is 1. The van der Waals surface area contributed by atoms with Crippen LogP contribution in [0.15, 0.2) is 24.3 Å². The van der Waals surface area contributed by atoms with Crippen LogP contribution >= 0.6 is 22.6 Å². The van der Waals surface area contributed by atoms with Crippen LogP contribution in [0.25, 0.3) is 21.9 Å². The van der Waals surface area contributed by atoms with Gasteiger partial charge in [-0.15, -0.1) is 0 Å². The number of pyridine rings is 1. The predicted octanol–water partition coefficient (Wildman–Crippen LogP) is 3.43. The molecule has 1 amide bonds. The molecule has 0 unspecified atom stereocenters. The molecule has 0 aliphatic carbocycles. The summed E-state index contributed by atoms with van der Waals surface area (Å²) in [5.41, 5.74) is 8.24. The number of rotatable bonds is 79. The van der Waals surface area contributed by atoms with Crippen molar-refractivity contribution in [1.29, 1.82) is 0 Å². The van der Waals surface area contributed by atoms with Crippen LogP contribution in [0.2, 0.25) is 0 Å². The molecule has 99 heavy (non-hydrogen) atoms. The number of fused-ring (bicyclic) bond motifs is 3. The van der Waals surface area contributed by atoms with Crippen LogP contribution < -0.4 is 11.1 Å². The van der Waals surface area contributed by atoms with Crippen molar-refractivity contribution in [3.05, 3.63) is 30.1 Å². The number of aromatic nitrogens is 3. The number of nitrogen functional groups attached to an aromatic ring is 1. The number of anilines is 1. The van der Waals surface area contributed by atoms with E-state index >= 15 is 0 Å². The van der Waals surface area contributed by atoms with Gasteiger partial charge < -0.3 is 134 Å². The summed E-state index contributed by atoms with van der Waals surface area (Å²) in [5.74, 6) is 1.18. The lowest BCUT2D eigenvalue weighted by molar-refractivity contribution is -0.118. The van der Waals surface area contributed by atoms with Gasteiger partial charge >= 0.3 is 0 Å². The number of imidazole rings is 1. The van der Waals surface area contributed by atoms with E-state index in [-0.39, 0.29) is 5.91 Å². The highest BCUT2D eigenvalue weighted by Crippen LogP contribution is 2.31. The monoisotopic (exact) mass is 1540 g/mol. The molecule has 1 aromatic carbocycles. The SMILES string of the molecule is CCOCc1nc2c(N)nc3ccccc3c2n1CC(C)(C)OCCOCCOCCOCCOCCOCCOCCOCCOCCOCCOCCOCCOCCOCCOCCOCCOCCOCCOCCOCCOCCOCCOCCOCCNC(=O)CI. The zero-order valence-corrected chi connectivity index (χ0v) is 61.6. The van der Waals surface area contributed by atoms with Crippen LogP contribution in [-0.4, -0.2) is 354 Å². The minimum absolute atomic E-state index is 0.00652. The number of alkyl halides is 1. The van der Waals surface area contributed by atoms with Crippen LogP contribution in [-0.2, 0) is 136 Å². The third-order valence-electron chi connectivity index (χ3n) is 13.3. The average Bonchev–Trinajstić information content (AvgIpc) is 1.63. The summed E-state index contributed by atoms with van der Waals surface area (Å²) in [6.45, 7) is 30.4. The lowest BCUT2D eigenvalue weighted by Gasteiger charge is -2.27. The molecule has 0 fully saturated rings. The number of para-hydroxylation sites is 1. The third-order valence-corrected chi connectivity index (χ3v) is 14.0. The van der Waals surface area contributed by atoms with Gasteiger partial charge in [-0.1, -0.05) is 40.8 Å². The van der Waals surface area contributed by atoms with Crippen molar-refractivity contribution in [1.82, 2.24) is 19.9 Å². The fourth-order valence-corrected chi connectivity index (χ4v) is 8.70. The molecule has 576 valence electrons. The molecule has 3 rings (SSSR count). The second kappa shape index (κ2) is 68.2. The predicted molar refractivity (Wildman–Crippen MR) is 376 cm³/mol. The molecule has 3 N–H and O–H groups in total. The Morgan fingerprint density at radius 1 is 0.394 bits per heavy atom. The van der Waals surface area contributed by atoms with Crippen LogP contribution in [0, 0.1) is 0 Å². The number of carbonyl (C=O) groups excluding carboxylic acids is 1. The number of nitrogens with one attached hydrogen (secondary N) is 1. The Morgan fingerprint density at radius 3 is 0.929 bits per heavy atom. The van der Waals surface area contributed by atoms with Crippen molar-refractivity contribution in [2.75, 3.05) is 334 Å². The third kappa shape index (κ3) is 53.5. The molecule has 0 spiro atoms. The van der Waals surface area contributed by atoms with Gasteiger partial charge in [0.15, 0.2) is 5.82 Å². The summed E-state index contributed by atoms with van der Waals surface area (Å²) in [7, 11) is 0. The number of carbonyl (C=O) groups is 1. The minimum atomic E-state index is -0.525. The topological polar surface area (TPSA) is 317 Å². The number of ether oxygens (including phenoxy) is 25. The molecular formula is C67H120IN5O26. The highest BCUT2D eigenvalue weighted by atomic mass is 127. The van der Waals surface area contributed by atoms with E-state index < -0.39 is 5.60 Å². The minimum Gasteiger partial charge on any atom is -0.382 e. The van der Waals surface area contributed by atoms with Gasteiger partial charge in [0.1, 0.15) is 17.9 Å². The highest BCUT2D eigenvalue weighted by molar-refractivity contribution is 14.1. The molecule has 0 atom stereocenters. The number of halogens is 1. The summed E-state index contributed by atoms with van der Waals surface area (Å²) in [6, 6.07) is 7.94. The fourth-order valence-electron chi connectivity index (χ4n) is 8.43. The van der Waals surface area contributed by atoms with Gasteiger partial charge in [0.05, 0.1) is 338 Å². The molecule has 0 saturated heterocycles. The Hall–Kier alpha value is -2.90. The van der Waals surface area contributed by atoms with E-state index in [9.17, 15) is 4.79 Å². The Labute approximate surface area is 600 Å². The van der Waals surface area contributed by atoms with Crippen molar-refractivity contribution in [2.45, 2.75) is 39.5 Å². The molecule has 2 heterocycles. The second-order valence-corrected chi connectivity index (χ2v) is 22.4. The molecular weight excluding hydrogens is 1420 g/mol. The first-order valence-electron chi connectivity index (χ1n) is 34.7. The van der Waals surface area contributed by atoms with E-state index in [1.807, 2.05) is 53.8 Å². The Kier molecular flexibility index (Phi) is 62.2. The number of nitrogens with zero attached hydrogens (tertiary/aromatic N) is 3. The number of hydrogen-bond donors (Lipinski definition) is 2. The van der Waals surface area contributed by atoms with Gasteiger partial charge in [0.25, 0.3) is 0 Å². The van der Waals surface area contributed by atoms with Crippen molar-refractivity contribution in [3.8, 4) is 0 Å². The van der Waals surface area contributed by atoms with Crippen molar-refractivity contribution in [3.63, 3.8) is 0 Å². The zero-order valence-electron chi connectivity index (χ0n) is 59.5. The summed E-state index contributed by atoms with van der Waals surface area (Å²) < 4.78 is 142. The fraction of sp³-hybridized carbons (Fsp3) is 0.836. The Morgan fingerprint density at radius 2 is 0.657 bits per heavy atom. The van der Waals surface area contributed by atoms with Gasteiger partial charge in [-0.3, -0.25) is 4.79 Å². The van der Waals surface area contributed by atoms with Crippen LogP contribution in [0.1, 0.15) is 26.6 Å². The molecule has 0 aliphatic heterocycles. The summed E-state index contributed by atoms with van der Waals surface area (Å²) in [5, 5.41) is 3.72. The summed E-state index contributed by atoms with van der Waals surface area (Å²) in [6.07, 6.45) is 0. The molecule has 0 saturated carbocycles. The molecule has 31 nitrogen and oxygen atoms in total. The van der Waals surface area contributed by atoms with Gasteiger partial charge in [-0.2, -0.15) is 0 Å². The van der Waals surface area contributed by atoms with Crippen LogP contribution in [0.4, 0.5) is 5.82 Å². The van der Waals surface area contributed by atoms with Crippen molar-refractivity contribution < 1.29 is 123 Å². The van der Waals surface area contributed by atoms with Crippen molar-refractivity contribution in [2.24, 2.45) is 0 Å². The largest absolute Gasteiger partial charge is 0.382 e. The van der Waals surface area contributed by atoms with Crippen LogP contribution in [0.5, 0.6) is 0 Å². The van der Waals surface area contributed by atoms with Crippen molar-refractivity contribution >= 4 is 56.3 Å². The van der Waals surface area contributed by atoms with E-state index in [0.717, 1.165) is 22.2 Å². The second-order valence-electron chi connectivity index (χ2n) is 21.6. The molecule has 0 radical (unpaired) electrons. The summed E-state index contributed by atoms with van der Waals surface area (Å²) >= 11 is 2.02. The van der Waals surface area contributed by atoms with Gasteiger partial charge in [-0.25, -0.2) is 9.97 Å². The van der Waals surface area contributed by atoms with Gasteiger partial charge in [0.2, 0.25) is 5.91 Å². The van der Waals surface area contributed by atoms with E-state index in [1.54, 1.807) is 0 Å².